The number of amides is 2. The molecule has 0 aromatic heterocycles. The Kier molecular flexibility index (Phi) is 6.62. The quantitative estimate of drug-likeness (QED) is 0.239. The van der Waals surface area contributed by atoms with Crippen molar-refractivity contribution in [2.24, 2.45) is 0 Å². The number of phenols is 1. The molecule has 3 rings (SSSR count). The van der Waals surface area contributed by atoms with E-state index in [1.807, 2.05) is 0 Å². The van der Waals surface area contributed by atoms with Crippen molar-refractivity contribution >= 4 is 48.9 Å². The van der Waals surface area contributed by atoms with Crippen LogP contribution in [0.2, 0.25) is 0 Å². The van der Waals surface area contributed by atoms with Gasteiger partial charge >= 0.3 is 0 Å². The van der Waals surface area contributed by atoms with Crippen LogP contribution in [0.3, 0.4) is 0 Å². The van der Waals surface area contributed by atoms with Gasteiger partial charge in [0.25, 0.3) is 21.8 Å². The third kappa shape index (κ3) is 5.79. The van der Waals surface area contributed by atoms with Crippen LogP contribution in [0.15, 0.2) is 59.1 Å². The number of anilines is 3. The SMILES string of the molecule is CS(=O)(=O)Nc1cccc(NS(=O)(=O)c2ccc(O)c(NC3=CC(=O)N(CCO)C3=O)c2)c1. The molecule has 1 aliphatic heterocycles. The molecule has 1 heterocycles. The number of carbonyl (C=O) groups is 2. The van der Waals surface area contributed by atoms with Gasteiger partial charge in [-0.3, -0.25) is 23.9 Å². The van der Waals surface area contributed by atoms with E-state index in [1.165, 1.54) is 24.3 Å². The maximum absolute atomic E-state index is 12.8. The zero-order valence-electron chi connectivity index (χ0n) is 17.1. The highest BCUT2D eigenvalue weighted by Gasteiger charge is 2.31. The average molecular weight is 497 g/mol. The molecule has 0 atom stereocenters. The Bertz CT molecular complexity index is 1350. The van der Waals surface area contributed by atoms with Crippen molar-refractivity contribution in [3.63, 3.8) is 0 Å². The molecule has 0 saturated carbocycles. The first-order valence-electron chi connectivity index (χ1n) is 9.29. The van der Waals surface area contributed by atoms with Crippen LogP contribution in [0.25, 0.3) is 0 Å². The van der Waals surface area contributed by atoms with Gasteiger partial charge in [-0.15, -0.1) is 0 Å². The zero-order chi connectivity index (χ0) is 24.4. The predicted octanol–water partition coefficient (Wildman–Crippen LogP) is 0.221. The van der Waals surface area contributed by atoms with Gasteiger partial charge in [-0.25, -0.2) is 16.8 Å². The van der Waals surface area contributed by atoms with E-state index in [2.05, 4.69) is 14.8 Å². The smallest absolute Gasteiger partial charge is 0.277 e. The van der Waals surface area contributed by atoms with Crippen molar-refractivity contribution in [3.05, 3.63) is 54.2 Å². The number of rotatable bonds is 9. The summed E-state index contributed by atoms with van der Waals surface area (Å²) in [6.45, 7) is -0.638. The first-order chi connectivity index (χ1) is 15.4. The minimum atomic E-state index is -4.18. The summed E-state index contributed by atoms with van der Waals surface area (Å²) in [4.78, 5) is 24.7. The lowest BCUT2D eigenvalue weighted by atomic mass is 10.2. The number of aromatic hydroxyl groups is 1. The number of phenolic OH excluding ortho intramolecular Hbond substituents is 1. The second kappa shape index (κ2) is 9.09. The molecule has 2 aromatic carbocycles. The van der Waals surface area contributed by atoms with Crippen molar-refractivity contribution in [3.8, 4) is 5.75 Å². The molecule has 0 unspecified atom stereocenters. The molecule has 0 radical (unpaired) electrons. The minimum absolute atomic E-state index is 0.0742. The predicted molar refractivity (Wildman–Crippen MR) is 119 cm³/mol. The molecule has 2 aromatic rings. The summed E-state index contributed by atoms with van der Waals surface area (Å²) in [5.41, 5.74) is -0.130. The largest absolute Gasteiger partial charge is 0.506 e. The van der Waals surface area contributed by atoms with E-state index in [1.54, 1.807) is 0 Å². The van der Waals surface area contributed by atoms with E-state index < -0.39 is 38.5 Å². The van der Waals surface area contributed by atoms with Crippen LogP contribution in [0, 0.1) is 0 Å². The summed E-state index contributed by atoms with van der Waals surface area (Å²) in [5.74, 6) is -1.78. The Morgan fingerprint density at radius 2 is 1.64 bits per heavy atom. The lowest BCUT2D eigenvalue weighted by Gasteiger charge is -2.15. The highest BCUT2D eigenvalue weighted by molar-refractivity contribution is 7.92. The number of nitrogens with zero attached hydrogens (tertiary/aromatic N) is 1. The summed E-state index contributed by atoms with van der Waals surface area (Å²) in [6, 6.07) is 8.85. The first-order valence-corrected chi connectivity index (χ1v) is 12.7. The second-order valence-corrected chi connectivity index (χ2v) is 10.4. The maximum atomic E-state index is 12.8. The summed E-state index contributed by atoms with van der Waals surface area (Å²) in [7, 11) is -7.75. The van der Waals surface area contributed by atoms with E-state index in [-0.39, 0.29) is 39.9 Å². The Morgan fingerprint density at radius 1 is 0.970 bits per heavy atom. The Balaban J connectivity index is 1.84. The van der Waals surface area contributed by atoms with Crippen molar-refractivity contribution in [1.29, 1.82) is 0 Å². The standard InChI is InChI=1S/C19H20N4O8S2/c1-32(28,29)21-12-3-2-4-13(9-12)22-33(30,31)14-5-6-17(25)15(10-14)20-16-11-18(26)23(7-8-24)19(16)27/h2-6,9-11,20-22,24-25H,7-8H2,1H3. The monoisotopic (exact) mass is 496 g/mol. The first kappa shape index (κ1) is 24.0. The number of β-amino-alcohol motifs (C(OH)–C–C–N with tert-alkyl or cyclic N) is 1. The zero-order valence-corrected chi connectivity index (χ0v) is 18.8. The van der Waals surface area contributed by atoms with E-state index in [9.17, 15) is 31.5 Å². The molecule has 0 bridgehead atoms. The van der Waals surface area contributed by atoms with Gasteiger partial charge in [0.2, 0.25) is 10.0 Å². The Labute approximate surface area is 189 Å². The molecule has 0 spiro atoms. The van der Waals surface area contributed by atoms with Crippen LogP contribution < -0.4 is 14.8 Å². The van der Waals surface area contributed by atoms with Gasteiger partial charge in [0.05, 0.1) is 41.4 Å². The van der Waals surface area contributed by atoms with Gasteiger partial charge in [-0.1, -0.05) is 6.07 Å². The summed E-state index contributed by atoms with van der Waals surface area (Å²) < 4.78 is 52.9. The van der Waals surface area contributed by atoms with Gasteiger partial charge in [0, 0.05) is 6.08 Å². The van der Waals surface area contributed by atoms with Gasteiger partial charge < -0.3 is 15.5 Å². The number of imide groups is 1. The van der Waals surface area contributed by atoms with E-state index >= 15 is 0 Å². The highest BCUT2D eigenvalue weighted by Crippen LogP contribution is 2.30. The summed E-state index contributed by atoms with van der Waals surface area (Å²) in [6.07, 6.45) is 1.92. The number of benzene rings is 2. The molecule has 33 heavy (non-hydrogen) atoms. The third-order valence-corrected chi connectivity index (χ3v) is 6.28. The van der Waals surface area contributed by atoms with Crippen LogP contribution >= 0.6 is 0 Å². The molecular formula is C19H20N4O8S2. The van der Waals surface area contributed by atoms with Crippen LogP contribution in [-0.4, -0.2) is 63.2 Å². The van der Waals surface area contributed by atoms with Gasteiger partial charge in [-0.2, -0.15) is 0 Å². The van der Waals surface area contributed by atoms with E-state index in [0.717, 1.165) is 35.4 Å². The lowest BCUT2D eigenvalue weighted by Crippen LogP contribution is -2.34. The summed E-state index contributed by atoms with van der Waals surface area (Å²) >= 11 is 0. The number of nitrogens with one attached hydrogen (secondary N) is 3. The van der Waals surface area contributed by atoms with Crippen molar-refractivity contribution in [2.45, 2.75) is 4.90 Å². The van der Waals surface area contributed by atoms with Crippen molar-refractivity contribution < 1.29 is 36.6 Å². The number of hydrogen-bond donors (Lipinski definition) is 5. The molecule has 2 amide bonds. The molecule has 14 heteroatoms. The van der Waals surface area contributed by atoms with Crippen molar-refractivity contribution in [1.82, 2.24) is 4.90 Å². The van der Waals surface area contributed by atoms with Gasteiger partial charge in [-0.05, 0) is 36.4 Å². The number of carbonyl (C=O) groups excluding carboxylic acids is 2. The minimum Gasteiger partial charge on any atom is -0.506 e. The van der Waals surface area contributed by atoms with Gasteiger partial charge in [0.1, 0.15) is 11.4 Å². The third-order valence-electron chi connectivity index (χ3n) is 4.30. The van der Waals surface area contributed by atoms with Crippen LogP contribution in [0.4, 0.5) is 17.1 Å². The number of aliphatic hydroxyl groups is 1. The average Bonchev–Trinajstić information content (AvgIpc) is 2.96. The van der Waals surface area contributed by atoms with Crippen molar-refractivity contribution in [2.75, 3.05) is 34.2 Å². The maximum Gasteiger partial charge on any atom is 0.277 e. The Morgan fingerprint density at radius 3 is 2.27 bits per heavy atom. The fourth-order valence-electron chi connectivity index (χ4n) is 2.91. The molecule has 176 valence electrons. The lowest BCUT2D eigenvalue weighted by molar-refractivity contribution is -0.137. The molecule has 5 N–H and O–H groups in total. The van der Waals surface area contributed by atoms with Crippen LogP contribution in [0.5, 0.6) is 5.75 Å². The molecule has 0 aliphatic carbocycles. The van der Waals surface area contributed by atoms with E-state index in [4.69, 9.17) is 5.11 Å². The topological polar surface area (TPSA) is 182 Å². The highest BCUT2D eigenvalue weighted by atomic mass is 32.2. The fraction of sp³-hybridized carbons (Fsp3) is 0.158. The number of sulfonamides is 2. The second-order valence-electron chi connectivity index (χ2n) is 6.94. The van der Waals surface area contributed by atoms with Gasteiger partial charge in [0.15, 0.2) is 0 Å². The molecule has 1 aliphatic rings. The fourth-order valence-corrected chi connectivity index (χ4v) is 4.54. The summed E-state index contributed by atoms with van der Waals surface area (Å²) in [5, 5.41) is 21.6. The number of aliphatic hydroxyl groups excluding tert-OH is 1. The molecule has 0 fully saturated rings. The Hall–Kier alpha value is -3.62. The molecule has 12 nitrogen and oxygen atoms in total. The number of hydrogen-bond acceptors (Lipinski definition) is 9. The normalized spacial score (nSPS) is 14.2. The molecular weight excluding hydrogens is 476 g/mol. The van der Waals surface area contributed by atoms with E-state index in [0.29, 0.717) is 0 Å². The van der Waals surface area contributed by atoms with Crippen LogP contribution in [0.1, 0.15) is 0 Å². The molecule has 0 saturated heterocycles. The van der Waals surface area contributed by atoms with Crippen LogP contribution in [-0.2, 0) is 29.6 Å².